The standard InChI is InChI=1S/C26H35F4N3O2/c1-4-25(5-2,6-3)33-23(34)17-31-15-18-7-9-19(10-8-18)16-32-24(35)21-11-20(14-27)12-22(13-21)26(28,29)30/h1,11-13,18-19,31H,5-10,14-17H2,2-3H3,(H,32,35)(H,33,34)/t18-,19-. The monoisotopic (exact) mass is 497 g/mol. The van der Waals surface area contributed by atoms with Crippen molar-refractivity contribution in [2.75, 3.05) is 19.6 Å². The minimum Gasteiger partial charge on any atom is -0.352 e. The Kier molecular flexibility index (Phi) is 10.6. The van der Waals surface area contributed by atoms with E-state index in [0.29, 0.717) is 31.8 Å². The van der Waals surface area contributed by atoms with Gasteiger partial charge in [-0.05, 0) is 80.7 Å². The number of amides is 2. The van der Waals surface area contributed by atoms with Gasteiger partial charge in [0, 0.05) is 12.1 Å². The minimum absolute atomic E-state index is 0.131. The molecule has 1 aromatic carbocycles. The Morgan fingerprint density at radius 1 is 1.03 bits per heavy atom. The number of hydrogen-bond acceptors (Lipinski definition) is 3. The van der Waals surface area contributed by atoms with Crippen molar-refractivity contribution in [1.29, 1.82) is 0 Å². The summed E-state index contributed by atoms with van der Waals surface area (Å²) >= 11 is 0. The fraction of sp³-hybridized carbons (Fsp3) is 0.615. The summed E-state index contributed by atoms with van der Waals surface area (Å²) in [6.07, 6.45) is 5.82. The van der Waals surface area contributed by atoms with E-state index < -0.39 is 29.9 Å². The fourth-order valence-corrected chi connectivity index (χ4v) is 4.41. The number of nitrogens with one attached hydrogen (secondary N) is 3. The van der Waals surface area contributed by atoms with Gasteiger partial charge in [-0.15, -0.1) is 6.42 Å². The molecule has 0 saturated heterocycles. The van der Waals surface area contributed by atoms with Crippen molar-refractivity contribution in [1.82, 2.24) is 16.0 Å². The van der Waals surface area contributed by atoms with Crippen molar-refractivity contribution in [3.05, 3.63) is 34.9 Å². The highest BCUT2D eigenvalue weighted by Gasteiger charge is 2.32. The van der Waals surface area contributed by atoms with E-state index in [4.69, 9.17) is 6.42 Å². The van der Waals surface area contributed by atoms with E-state index in [1.54, 1.807) is 0 Å². The number of alkyl halides is 4. The highest BCUT2D eigenvalue weighted by molar-refractivity contribution is 5.94. The van der Waals surface area contributed by atoms with Crippen molar-refractivity contribution in [2.24, 2.45) is 11.8 Å². The highest BCUT2D eigenvalue weighted by atomic mass is 19.4. The number of hydrogen-bond donors (Lipinski definition) is 3. The molecule has 1 aromatic rings. The van der Waals surface area contributed by atoms with Gasteiger partial charge in [-0.2, -0.15) is 13.2 Å². The maximum Gasteiger partial charge on any atom is 0.416 e. The first-order valence-electron chi connectivity index (χ1n) is 12.1. The van der Waals surface area contributed by atoms with Crippen molar-refractivity contribution in [2.45, 2.75) is 70.8 Å². The molecule has 0 atom stereocenters. The Hall–Kier alpha value is -2.60. The van der Waals surface area contributed by atoms with Crippen molar-refractivity contribution in [3.63, 3.8) is 0 Å². The van der Waals surface area contributed by atoms with E-state index in [-0.39, 0.29) is 29.5 Å². The van der Waals surface area contributed by atoms with Crippen LogP contribution in [0.5, 0.6) is 0 Å². The van der Waals surface area contributed by atoms with Gasteiger partial charge in [-0.1, -0.05) is 19.8 Å². The van der Waals surface area contributed by atoms with Crippen LogP contribution in [-0.4, -0.2) is 37.0 Å². The third-order valence-electron chi connectivity index (χ3n) is 6.83. The number of halogens is 4. The van der Waals surface area contributed by atoms with Crippen LogP contribution in [-0.2, 0) is 17.6 Å². The number of terminal acetylenes is 1. The summed E-state index contributed by atoms with van der Waals surface area (Å²) in [5.74, 6) is 2.53. The van der Waals surface area contributed by atoms with Crippen LogP contribution in [0.2, 0.25) is 0 Å². The average Bonchev–Trinajstić information content (AvgIpc) is 2.85. The van der Waals surface area contributed by atoms with Crippen LogP contribution >= 0.6 is 0 Å². The van der Waals surface area contributed by atoms with Gasteiger partial charge in [-0.25, -0.2) is 4.39 Å². The van der Waals surface area contributed by atoms with E-state index in [1.165, 1.54) is 0 Å². The number of rotatable bonds is 11. The lowest BCUT2D eigenvalue weighted by Gasteiger charge is -2.29. The molecular formula is C26H35F4N3O2. The van der Waals surface area contributed by atoms with Crippen molar-refractivity contribution >= 4 is 11.8 Å². The molecule has 5 nitrogen and oxygen atoms in total. The lowest BCUT2D eigenvalue weighted by atomic mass is 9.82. The van der Waals surface area contributed by atoms with Gasteiger partial charge >= 0.3 is 6.18 Å². The van der Waals surface area contributed by atoms with Gasteiger partial charge in [0.15, 0.2) is 0 Å². The third-order valence-corrected chi connectivity index (χ3v) is 6.83. The molecule has 2 rings (SSSR count). The maximum atomic E-state index is 13.0. The third kappa shape index (κ3) is 8.53. The molecule has 0 unspecified atom stereocenters. The van der Waals surface area contributed by atoms with Gasteiger partial charge in [0.05, 0.1) is 12.1 Å². The van der Waals surface area contributed by atoms with E-state index in [1.807, 2.05) is 13.8 Å². The van der Waals surface area contributed by atoms with Crippen LogP contribution < -0.4 is 16.0 Å². The normalized spacial score (nSPS) is 18.5. The Bertz CT molecular complexity index is 899. The molecule has 1 aliphatic carbocycles. The molecule has 0 aromatic heterocycles. The van der Waals surface area contributed by atoms with E-state index in [9.17, 15) is 27.2 Å². The zero-order valence-corrected chi connectivity index (χ0v) is 20.4. The predicted octanol–water partition coefficient (Wildman–Crippen LogP) is 4.61. The zero-order valence-electron chi connectivity index (χ0n) is 20.4. The Balaban J connectivity index is 1.75. The van der Waals surface area contributed by atoms with Crippen LogP contribution in [0, 0.1) is 24.2 Å². The molecule has 0 bridgehead atoms. The summed E-state index contributed by atoms with van der Waals surface area (Å²) in [7, 11) is 0. The van der Waals surface area contributed by atoms with E-state index >= 15 is 0 Å². The first kappa shape index (κ1) is 28.6. The summed E-state index contributed by atoms with van der Waals surface area (Å²) in [6, 6.07) is 2.62. The Morgan fingerprint density at radius 2 is 1.63 bits per heavy atom. The van der Waals surface area contributed by atoms with Crippen LogP contribution in [0.1, 0.15) is 73.9 Å². The summed E-state index contributed by atoms with van der Waals surface area (Å²) in [6.45, 7) is 4.05. The molecular weight excluding hydrogens is 462 g/mol. The van der Waals surface area contributed by atoms with Crippen LogP contribution in [0.4, 0.5) is 17.6 Å². The summed E-state index contributed by atoms with van der Waals surface area (Å²) < 4.78 is 52.0. The van der Waals surface area contributed by atoms with Crippen LogP contribution in [0.15, 0.2) is 18.2 Å². The number of carbonyl (C=O) groups excluding carboxylic acids is 2. The predicted molar refractivity (Wildman–Crippen MR) is 127 cm³/mol. The lowest BCUT2D eigenvalue weighted by molar-refractivity contribution is -0.137. The molecule has 1 saturated carbocycles. The molecule has 0 radical (unpaired) electrons. The van der Waals surface area contributed by atoms with Gasteiger partial charge in [0.25, 0.3) is 5.91 Å². The summed E-state index contributed by atoms with van der Waals surface area (Å²) in [5.41, 5.74) is -2.01. The summed E-state index contributed by atoms with van der Waals surface area (Å²) in [4.78, 5) is 24.6. The quantitative estimate of drug-likeness (QED) is 0.309. The van der Waals surface area contributed by atoms with Crippen molar-refractivity contribution in [3.8, 4) is 12.3 Å². The highest BCUT2D eigenvalue weighted by Crippen LogP contribution is 2.31. The second kappa shape index (κ2) is 12.9. The van der Waals surface area contributed by atoms with Gasteiger partial charge in [-0.3, -0.25) is 9.59 Å². The Morgan fingerprint density at radius 3 is 2.14 bits per heavy atom. The molecule has 194 valence electrons. The smallest absolute Gasteiger partial charge is 0.352 e. The molecule has 35 heavy (non-hydrogen) atoms. The minimum atomic E-state index is -4.65. The van der Waals surface area contributed by atoms with Crippen LogP contribution in [0.3, 0.4) is 0 Å². The summed E-state index contributed by atoms with van der Waals surface area (Å²) in [5, 5.41) is 8.81. The SMILES string of the molecule is C#CC(CC)(CC)NC(=O)CNC[C@H]1CC[C@H](CNC(=O)c2cc(CF)cc(C(F)(F)F)c2)CC1. The molecule has 0 aliphatic heterocycles. The largest absolute Gasteiger partial charge is 0.416 e. The van der Waals surface area contributed by atoms with E-state index in [2.05, 4.69) is 21.9 Å². The molecule has 3 N–H and O–H groups in total. The second-order valence-corrected chi connectivity index (χ2v) is 9.26. The van der Waals surface area contributed by atoms with Crippen molar-refractivity contribution < 1.29 is 27.2 Å². The van der Waals surface area contributed by atoms with Gasteiger partial charge in [0.2, 0.25) is 5.91 Å². The fourth-order valence-electron chi connectivity index (χ4n) is 4.41. The average molecular weight is 498 g/mol. The molecule has 1 fully saturated rings. The second-order valence-electron chi connectivity index (χ2n) is 9.26. The molecule has 0 spiro atoms. The van der Waals surface area contributed by atoms with Gasteiger partial charge < -0.3 is 16.0 Å². The topological polar surface area (TPSA) is 70.2 Å². The number of benzene rings is 1. The number of carbonyl (C=O) groups is 2. The van der Waals surface area contributed by atoms with E-state index in [0.717, 1.165) is 43.9 Å². The lowest BCUT2D eigenvalue weighted by Crippen LogP contribution is -2.49. The maximum absolute atomic E-state index is 13.0. The Labute approximate surface area is 204 Å². The molecule has 9 heteroatoms. The molecule has 1 aliphatic rings. The van der Waals surface area contributed by atoms with Gasteiger partial charge in [0.1, 0.15) is 12.2 Å². The first-order valence-corrected chi connectivity index (χ1v) is 12.1. The zero-order chi connectivity index (χ0) is 26.1. The molecule has 0 heterocycles. The molecule has 2 amide bonds. The van der Waals surface area contributed by atoms with Crippen LogP contribution in [0.25, 0.3) is 0 Å². The first-order chi connectivity index (χ1) is 16.6.